The number of aryl methyl sites for hydroxylation is 1. The molecule has 0 saturated heterocycles. The van der Waals surface area contributed by atoms with Crippen LogP contribution in [0.5, 0.6) is 0 Å². The molecule has 7 nitrogen and oxygen atoms in total. The van der Waals surface area contributed by atoms with Gasteiger partial charge in [0.15, 0.2) is 0 Å². The molecule has 3 amide bonds. The first kappa shape index (κ1) is 24.5. The first-order valence-electron chi connectivity index (χ1n) is 11.3. The van der Waals surface area contributed by atoms with Gasteiger partial charge in [-0.05, 0) is 75.4 Å². The van der Waals surface area contributed by atoms with Crippen LogP contribution in [0.4, 0.5) is 17.1 Å². The number of nitrogens with zero attached hydrogens (tertiary/aromatic N) is 1. The smallest absolute Gasteiger partial charge is 0.255 e. The summed E-state index contributed by atoms with van der Waals surface area (Å²) in [4.78, 5) is 39.0. The van der Waals surface area contributed by atoms with Crippen molar-refractivity contribution in [3.8, 4) is 0 Å². The summed E-state index contributed by atoms with van der Waals surface area (Å²) in [5.74, 6) is -0.469. The quantitative estimate of drug-likeness (QED) is 0.430. The highest BCUT2D eigenvalue weighted by Crippen LogP contribution is 2.16. The molecule has 0 aromatic heterocycles. The van der Waals surface area contributed by atoms with Crippen molar-refractivity contribution < 1.29 is 14.4 Å². The number of amides is 3. The summed E-state index contributed by atoms with van der Waals surface area (Å²) >= 11 is 0. The van der Waals surface area contributed by atoms with Gasteiger partial charge < -0.3 is 20.9 Å². The zero-order valence-electron chi connectivity index (χ0n) is 19.7. The van der Waals surface area contributed by atoms with Crippen molar-refractivity contribution in [1.82, 2.24) is 4.90 Å². The molecular weight excluding hydrogens is 428 g/mol. The lowest BCUT2D eigenvalue weighted by molar-refractivity contribution is -0.114. The molecule has 0 fully saturated rings. The monoisotopic (exact) mass is 458 g/mol. The Kier molecular flexibility index (Phi) is 8.40. The van der Waals surface area contributed by atoms with Crippen LogP contribution in [-0.4, -0.2) is 42.3 Å². The number of nitrogens with one attached hydrogen (secondary N) is 3. The second-order valence-electron chi connectivity index (χ2n) is 7.86. The lowest BCUT2D eigenvalue weighted by Gasteiger charge is -2.19. The lowest BCUT2D eigenvalue weighted by atomic mass is 10.1. The van der Waals surface area contributed by atoms with Crippen LogP contribution < -0.4 is 16.0 Å². The fourth-order valence-corrected chi connectivity index (χ4v) is 3.47. The predicted octanol–water partition coefficient (Wildman–Crippen LogP) is 4.78. The second-order valence-corrected chi connectivity index (χ2v) is 7.86. The minimum Gasteiger partial charge on any atom is -0.376 e. The fourth-order valence-electron chi connectivity index (χ4n) is 3.47. The number of anilines is 3. The third kappa shape index (κ3) is 6.68. The third-order valence-electron chi connectivity index (χ3n) is 5.32. The molecule has 7 heteroatoms. The number of hydrogen-bond acceptors (Lipinski definition) is 4. The Bertz CT molecular complexity index is 1150. The summed E-state index contributed by atoms with van der Waals surface area (Å²) < 4.78 is 0. The van der Waals surface area contributed by atoms with E-state index < -0.39 is 0 Å². The molecule has 0 unspecified atom stereocenters. The molecule has 176 valence electrons. The van der Waals surface area contributed by atoms with Crippen molar-refractivity contribution in [1.29, 1.82) is 0 Å². The highest BCUT2D eigenvalue weighted by Gasteiger charge is 2.13. The summed E-state index contributed by atoms with van der Waals surface area (Å²) in [5.41, 5.74) is 4.14. The van der Waals surface area contributed by atoms with E-state index in [2.05, 4.69) is 16.0 Å². The number of carbonyl (C=O) groups excluding carboxylic acids is 3. The molecule has 0 saturated carbocycles. The van der Waals surface area contributed by atoms with Crippen molar-refractivity contribution in [3.63, 3.8) is 0 Å². The average Bonchev–Trinajstić information content (AvgIpc) is 2.84. The van der Waals surface area contributed by atoms with E-state index in [-0.39, 0.29) is 24.3 Å². The van der Waals surface area contributed by atoms with Crippen LogP contribution in [0.1, 0.15) is 40.1 Å². The minimum absolute atomic E-state index is 0.0587. The molecule has 0 aliphatic rings. The third-order valence-corrected chi connectivity index (χ3v) is 5.32. The van der Waals surface area contributed by atoms with Gasteiger partial charge in [0.1, 0.15) is 0 Å². The summed E-state index contributed by atoms with van der Waals surface area (Å²) in [7, 11) is 0. The normalized spacial score (nSPS) is 10.3. The van der Waals surface area contributed by atoms with E-state index in [9.17, 15) is 14.4 Å². The first-order chi connectivity index (χ1) is 16.4. The highest BCUT2D eigenvalue weighted by molar-refractivity contribution is 6.04. The molecule has 34 heavy (non-hydrogen) atoms. The minimum atomic E-state index is -0.232. The van der Waals surface area contributed by atoms with Crippen LogP contribution in [0, 0.1) is 6.92 Å². The van der Waals surface area contributed by atoms with E-state index in [0.717, 1.165) is 11.3 Å². The molecule has 0 radical (unpaired) electrons. The van der Waals surface area contributed by atoms with Gasteiger partial charge in [-0.15, -0.1) is 0 Å². The van der Waals surface area contributed by atoms with E-state index in [0.29, 0.717) is 35.6 Å². The van der Waals surface area contributed by atoms with Crippen LogP contribution in [-0.2, 0) is 4.79 Å². The van der Waals surface area contributed by atoms with Gasteiger partial charge in [-0.3, -0.25) is 14.4 Å². The Morgan fingerprint density at radius 1 is 0.735 bits per heavy atom. The molecule has 0 aliphatic heterocycles. The largest absolute Gasteiger partial charge is 0.376 e. The maximum atomic E-state index is 12.5. The van der Waals surface area contributed by atoms with Crippen LogP contribution in [0.15, 0.2) is 72.8 Å². The molecule has 3 rings (SSSR count). The zero-order valence-corrected chi connectivity index (χ0v) is 19.7. The summed E-state index contributed by atoms with van der Waals surface area (Å²) in [6.07, 6.45) is 0. The van der Waals surface area contributed by atoms with Gasteiger partial charge in [-0.2, -0.15) is 0 Å². The Morgan fingerprint density at radius 3 is 2.06 bits per heavy atom. The van der Waals surface area contributed by atoms with Crippen LogP contribution >= 0.6 is 0 Å². The Balaban J connectivity index is 1.52. The van der Waals surface area contributed by atoms with Crippen LogP contribution in [0.25, 0.3) is 0 Å². The SMILES string of the molecule is CCN(CC)C(=O)c1cccc(NC(=O)CNc2ccc(NC(=O)c3cccc(C)c3)cc2)c1. The van der Waals surface area contributed by atoms with Gasteiger partial charge in [-0.25, -0.2) is 0 Å². The van der Waals surface area contributed by atoms with Crippen LogP contribution in [0.3, 0.4) is 0 Å². The van der Waals surface area contributed by atoms with Crippen molar-refractivity contribution in [2.24, 2.45) is 0 Å². The standard InChI is InChI=1S/C27H30N4O3/c1-4-31(5-2)27(34)21-10-7-11-24(17-21)29-25(32)18-28-22-12-14-23(15-13-22)30-26(33)20-9-6-8-19(3)16-20/h6-17,28H,4-5,18H2,1-3H3,(H,29,32)(H,30,33). The van der Waals surface area contributed by atoms with Crippen LogP contribution in [0.2, 0.25) is 0 Å². The number of hydrogen-bond donors (Lipinski definition) is 3. The van der Waals surface area contributed by atoms with Gasteiger partial charge in [0.25, 0.3) is 11.8 Å². The molecule has 0 heterocycles. The van der Waals surface area contributed by atoms with Crippen molar-refractivity contribution >= 4 is 34.8 Å². The molecule has 3 aromatic carbocycles. The maximum Gasteiger partial charge on any atom is 0.255 e. The molecule has 0 spiro atoms. The van der Waals surface area contributed by atoms with Gasteiger partial charge in [-0.1, -0.05) is 23.8 Å². The van der Waals surface area contributed by atoms with Gasteiger partial charge >= 0.3 is 0 Å². The molecule has 0 aliphatic carbocycles. The summed E-state index contributed by atoms with van der Waals surface area (Å²) in [5, 5.41) is 8.74. The molecule has 3 N–H and O–H groups in total. The molecular formula is C27H30N4O3. The molecule has 0 atom stereocenters. The first-order valence-corrected chi connectivity index (χ1v) is 11.3. The topological polar surface area (TPSA) is 90.5 Å². The number of benzene rings is 3. The van der Waals surface area contributed by atoms with Crippen molar-refractivity contribution in [3.05, 3.63) is 89.5 Å². The predicted molar refractivity (Wildman–Crippen MR) is 136 cm³/mol. The Hall–Kier alpha value is -4.13. The van der Waals surface area contributed by atoms with Gasteiger partial charge in [0.2, 0.25) is 5.91 Å². The average molecular weight is 459 g/mol. The summed E-state index contributed by atoms with van der Waals surface area (Å²) in [6.45, 7) is 7.13. The second kappa shape index (κ2) is 11.7. The van der Waals surface area contributed by atoms with E-state index in [1.807, 2.05) is 39.0 Å². The number of rotatable bonds is 9. The zero-order chi connectivity index (χ0) is 24.5. The highest BCUT2D eigenvalue weighted by atomic mass is 16.2. The van der Waals surface area contributed by atoms with Crippen molar-refractivity contribution in [2.75, 3.05) is 35.6 Å². The Morgan fingerprint density at radius 2 is 1.38 bits per heavy atom. The van der Waals surface area contributed by atoms with E-state index in [1.54, 1.807) is 59.5 Å². The summed E-state index contributed by atoms with van der Waals surface area (Å²) in [6, 6.07) is 21.5. The maximum absolute atomic E-state index is 12.5. The lowest BCUT2D eigenvalue weighted by Crippen LogP contribution is -2.30. The molecule has 0 bridgehead atoms. The fraction of sp³-hybridized carbons (Fsp3) is 0.222. The molecule has 3 aromatic rings. The van der Waals surface area contributed by atoms with E-state index >= 15 is 0 Å². The number of carbonyl (C=O) groups is 3. The van der Waals surface area contributed by atoms with Gasteiger partial charge in [0.05, 0.1) is 6.54 Å². The van der Waals surface area contributed by atoms with E-state index in [1.165, 1.54) is 0 Å². The Labute approximate surface area is 200 Å². The van der Waals surface area contributed by atoms with Gasteiger partial charge in [0, 0.05) is 41.3 Å². The van der Waals surface area contributed by atoms with E-state index in [4.69, 9.17) is 0 Å². The van der Waals surface area contributed by atoms with Crippen molar-refractivity contribution in [2.45, 2.75) is 20.8 Å².